The van der Waals surface area contributed by atoms with Crippen molar-refractivity contribution in [2.75, 3.05) is 5.32 Å². The standard InChI is InChI=1S/C19H16F2N4O3/c1-12(18(26)24-17-15(20)3-2-4-16(17)21)28-19(27)14-7-5-13(6-8-14)9-25-11-22-10-23-25/h2-8,10-12H,9H2,1H3,(H,24,26). The number of hydrogen-bond donors (Lipinski definition) is 1. The molecule has 3 aromatic rings. The zero-order valence-corrected chi connectivity index (χ0v) is 14.8. The molecule has 1 atom stereocenters. The highest BCUT2D eigenvalue weighted by Crippen LogP contribution is 2.18. The monoisotopic (exact) mass is 386 g/mol. The van der Waals surface area contributed by atoms with Gasteiger partial charge in [-0.2, -0.15) is 5.10 Å². The molecule has 144 valence electrons. The molecule has 0 bridgehead atoms. The average Bonchev–Trinajstić information content (AvgIpc) is 3.18. The first kappa shape index (κ1) is 19.2. The minimum absolute atomic E-state index is 0.235. The van der Waals surface area contributed by atoms with Gasteiger partial charge in [0.05, 0.1) is 12.1 Å². The van der Waals surface area contributed by atoms with Gasteiger partial charge in [0.1, 0.15) is 30.0 Å². The van der Waals surface area contributed by atoms with E-state index in [2.05, 4.69) is 15.4 Å². The van der Waals surface area contributed by atoms with Crippen LogP contribution in [0.1, 0.15) is 22.8 Å². The van der Waals surface area contributed by atoms with E-state index in [1.54, 1.807) is 35.3 Å². The number of hydrogen-bond acceptors (Lipinski definition) is 5. The molecule has 2 aromatic carbocycles. The van der Waals surface area contributed by atoms with E-state index in [4.69, 9.17) is 4.74 Å². The molecule has 0 spiro atoms. The van der Waals surface area contributed by atoms with E-state index in [1.807, 2.05) is 0 Å². The Morgan fingerprint density at radius 1 is 1.14 bits per heavy atom. The maximum atomic E-state index is 13.6. The normalized spacial score (nSPS) is 11.7. The second-order valence-electron chi connectivity index (χ2n) is 5.92. The number of nitrogens with zero attached hydrogens (tertiary/aromatic N) is 3. The summed E-state index contributed by atoms with van der Waals surface area (Å²) >= 11 is 0. The number of anilines is 1. The van der Waals surface area contributed by atoms with E-state index in [-0.39, 0.29) is 5.56 Å². The zero-order valence-electron chi connectivity index (χ0n) is 14.8. The number of aromatic nitrogens is 3. The summed E-state index contributed by atoms with van der Waals surface area (Å²) in [6, 6.07) is 9.74. The highest BCUT2D eigenvalue weighted by Gasteiger charge is 2.21. The van der Waals surface area contributed by atoms with Crippen molar-refractivity contribution in [3.05, 3.63) is 77.9 Å². The van der Waals surface area contributed by atoms with Crippen molar-refractivity contribution in [3.8, 4) is 0 Å². The maximum Gasteiger partial charge on any atom is 0.338 e. The molecule has 0 saturated carbocycles. The van der Waals surface area contributed by atoms with Crippen molar-refractivity contribution in [2.45, 2.75) is 19.6 Å². The zero-order chi connectivity index (χ0) is 20.1. The minimum Gasteiger partial charge on any atom is -0.449 e. The van der Waals surface area contributed by atoms with E-state index < -0.39 is 35.3 Å². The summed E-state index contributed by atoms with van der Waals surface area (Å²) < 4.78 is 33.9. The van der Waals surface area contributed by atoms with Crippen LogP contribution >= 0.6 is 0 Å². The fourth-order valence-corrected chi connectivity index (χ4v) is 2.37. The summed E-state index contributed by atoms with van der Waals surface area (Å²) in [7, 11) is 0. The molecule has 1 heterocycles. The maximum absolute atomic E-state index is 13.6. The first-order chi connectivity index (χ1) is 13.4. The molecule has 3 rings (SSSR count). The highest BCUT2D eigenvalue weighted by atomic mass is 19.1. The Hall–Kier alpha value is -3.62. The van der Waals surface area contributed by atoms with Gasteiger partial charge in [-0.15, -0.1) is 0 Å². The molecule has 0 fully saturated rings. The van der Waals surface area contributed by atoms with Gasteiger partial charge in [0.15, 0.2) is 6.10 Å². The number of esters is 1. The number of rotatable bonds is 6. The molecule has 0 aliphatic rings. The van der Waals surface area contributed by atoms with Gasteiger partial charge in [-0.3, -0.25) is 4.79 Å². The summed E-state index contributed by atoms with van der Waals surface area (Å²) in [6.07, 6.45) is 1.74. The molecule has 7 nitrogen and oxygen atoms in total. The Kier molecular flexibility index (Phi) is 5.73. The molecule has 1 unspecified atom stereocenters. The Morgan fingerprint density at radius 3 is 2.43 bits per heavy atom. The second kappa shape index (κ2) is 8.38. The SMILES string of the molecule is CC(OC(=O)c1ccc(Cn2cncn2)cc1)C(=O)Nc1c(F)cccc1F. The number of para-hydroxylation sites is 1. The number of ether oxygens (including phenoxy) is 1. The van der Waals surface area contributed by atoms with Crippen LogP contribution in [-0.4, -0.2) is 32.7 Å². The third-order valence-electron chi connectivity index (χ3n) is 3.86. The highest BCUT2D eigenvalue weighted by molar-refractivity contribution is 5.97. The van der Waals surface area contributed by atoms with Crippen molar-refractivity contribution >= 4 is 17.6 Å². The van der Waals surface area contributed by atoms with E-state index in [9.17, 15) is 18.4 Å². The lowest BCUT2D eigenvalue weighted by molar-refractivity contribution is -0.123. The summed E-state index contributed by atoms with van der Waals surface area (Å²) in [5, 5.41) is 6.08. The summed E-state index contributed by atoms with van der Waals surface area (Å²) in [5.41, 5.74) is 0.537. The second-order valence-corrected chi connectivity index (χ2v) is 5.92. The van der Waals surface area contributed by atoms with Crippen molar-refractivity contribution in [2.24, 2.45) is 0 Å². The third-order valence-corrected chi connectivity index (χ3v) is 3.86. The van der Waals surface area contributed by atoms with Crippen molar-refractivity contribution in [1.29, 1.82) is 0 Å². The largest absolute Gasteiger partial charge is 0.449 e. The first-order valence-corrected chi connectivity index (χ1v) is 8.31. The lowest BCUT2D eigenvalue weighted by atomic mass is 10.1. The molecule has 0 saturated heterocycles. The predicted octanol–water partition coefficient (Wildman–Crippen LogP) is 2.79. The van der Waals surface area contributed by atoms with Crippen LogP contribution in [0.3, 0.4) is 0 Å². The molecule has 0 radical (unpaired) electrons. The molecule has 28 heavy (non-hydrogen) atoms. The number of benzene rings is 2. The Balaban J connectivity index is 1.59. The number of amides is 1. The lowest BCUT2D eigenvalue weighted by Crippen LogP contribution is -2.30. The molecule has 0 aliphatic carbocycles. The van der Waals surface area contributed by atoms with Crippen molar-refractivity contribution < 1.29 is 23.1 Å². The van der Waals surface area contributed by atoms with Gasteiger partial charge in [0, 0.05) is 0 Å². The number of nitrogens with one attached hydrogen (secondary N) is 1. The predicted molar refractivity (Wildman–Crippen MR) is 95.4 cm³/mol. The van der Waals surface area contributed by atoms with Crippen molar-refractivity contribution in [3.63, 3.8) is 0 Å². The summed E-state index contributed by atoms with van der Waals surface area (Å²) in [5.74, 6) is -3.42. The smallest absolute Gasteiger partial charge is 0.338 e. The van der Waals surface area contributed by atoms with Crippen LogP contribution in [-0.2, 0) is 16.1 Å². The topological polar surface area (TPSA) is 86.1 Å². The van der Waals surface area contributed by atoms with Crippen LogP contribution in [0.5, 0.6) is 0 Å². The first-order valence-electron chi connectivity index (χ1n) is 8.31. The van der Waals surface area contributed by atoms with Crippen molar-refractivity contribution in [1.82, 2.24) is 14.8 Å². The fourth-order valence-electron chi connectivity index (χ4n) is 2.37. The number of carbonyl (C=O) groups is 2. The minimum atomic E-state index is -1.25. The molecule has 1 amide bonds. The van der Waals surface area contributed by atoms with Crippen LogP contribution in [0.2, 0.25) is 0 Å². The third kappa shape index (κ3) is 4.56. The summed E-state index contributed by atoms with van der Waals surface area (Å²) in [4.78, 5) is 28.1. The molecule has 0 aliphatic heterocycles. The van der Waals surface area contributed by atoms with Crippen LogP contribution in [0.25, 0.3) is 0 Å². The van der Waals surface area contributed by atoms with Gasteiger partial charge in [-0.1, -0.05) is 18.2 Å². The van der Waals surface area contributed by atoms with E-state index in [0.717, 1.165) is 17.7 Å². The molecular weight excluding hydrogens is 370 g/mol. The van der Waals surface area contributed by atoms with Gasteiger partial charge >= 0.3 is 5.97 Å². The van der Waals surface area contributed by atoms with Gasteiger partial charge in [-0.05, 0) is 36.8 Å². The number of carbonyl (C=O) groups excluding carboxylic acids is 2. The van der Waals surface area contributed by atoms with Crippen LogP contribution in [0.15, 0.2) is 55.1 Å². The van der Waals surface area contributed by atoms with E-state index >= 15 is 0 Å². The molecular formula is C19H16F2N4O3. The van der Waals surface area contributed by atoms with Crippen LogP contribution < -0.4 is 5.32 Å². The van der Waals surface area contributed by atoms with E-state index in [0.29, 0.717) is 6.54 Å². The molecule has 1 N–H and O–H groups in total. The average molecular weight is 386 g/mol. The fraction of sp³-hybridized carbons (Fsp3) is 0.158. The quantitative estimate of drug-likeness (QED) is 0.659. The van der Waals surface area contributed by atoms with Gasteiger partial charge in [0.25, 0.3) is 5.91 Å². The van der Waals surface area contributed by atoms with Gasteiger partial charge in [-0.25, -0.2) is 23.2 Å². The Labute approximate surface area is 159 Å². The van der Waals surface area contributed by atoms with Gasteiger partial charge in [0.2, 0.25) is 0 Å². The molecule has 9 heteroatoms. The lowest BCUT2D eigenvalue weighted by Gasteiger charge is -2.14. The Morgan fingerprint density at radius 2 is 1.82 bits per heavy atom. The van der Waals surface area contributed by atoms with E-state index in [1.165, 1.54) is 19.3 Å². The molecule has 1 aromatic heterocycles. The van der Waals surface area contributed by atoms with Gasteiger partial charge < -0.3 is 10.1 Å². The summed E-state index contributed by atoms with van der Waals surface area (Å²) in [6.45, 7) is 1.80. The Bertz CT molecular complexity index is 955. The van der Waals surface area contributed by atoms with Crippen LogP contribution in [0.4, 0.5) is 14.5 Å². The van der Waals surface area contributed by atoms with Crippen LogP contribution in [0, 0.1) is 11.6 Å². The number of halogens is 2.